The van der Waals surface area contributed by atoms with Gasteiger partial charge in [0.1, 0.15) is 5.69 Å². The van der Waals surface area contributed by atoms with Crippen LogP contribution in [0.1, 0.15) is 16.7 Å². The molecule has 11 heavy (non-hydrogen) atoms. The Morgan fingerprint density at radius 1 is 1.64 bits per heavy atom. The fourth-order valence-corrected chi connectivity index (χ4v) is 0.671. The number of rotatable bonds is 1. The maximum Gasteiger partial charge on any atom is 0.286 e. The molecule has 60 valence electrons. The Bertz CT molecular complexity index is 378. The summed E-state index contributed by atoms with van der Waals surface area (Å²) >= 11 is 2.83. The Kier molecular flexibility index (Phi) is 1.35. The first-order valence-corrected chi connectivity index (χ1v) is 3.56. The van der Waals surface area contributed by atoms with Gasteiger partial charge in [0, 0.05) is 17.6 Å². The van der Waals surface area contributed by atoms with Gasteiger partial charge in [-0.3, -0.25) is 4.98 Å². The van der Waals surface area contributed by atoms with Gasteiger partial charge in [-0.15, -0.1) is 0 Å². The molecule has 1 rings (SSSR count). The molecule has 1 aromatic heterocycles. The second kappa shape index (κ2) is 2.85. The predicted octanol–water partition coefficient (Wildman–Crippen LogP) is 2.96. The highest BCUT2D eigenvalue weighted by atomic mass is 79.9. The fraction of sp³-hybridized carbons (Fsp3) is 0.286. The monoisotopic (exact) mass is 224 g/mol. The maximum absolute atomic E-state index is 12.8. The zero-order chi connectivity index (χ0) is 11.1. The Morgan fingerprint density at radius 3 is 2.82 bits per heavy atom. The van der Waals surface area contributed by atoms with E-state index in [4.69, 9.17) is 4.11 Å². The molecule has 0 aliphatic rings. The molecular weight excluding hydrogens is 216 g/mol. The smallest absolute Gasteiger partial charge is 0.254 e. The van der Waals surface area contributed by atoms with Crippen LogP contribution in [0.3, 0.4) is 0 Å². The van der Waals surface area contributed by atoms with Crippen LogP contribution in [-0.2, 0) is 5.92 Å². The molecule has 0 spiro atoms. The summed E-state index contributed by atoms with van der Waals surface area (Å²) in [6.45, 7) is 0.583. The Hall–Kier alpha value is -0.510. The van der Waals surface area contributed by atoms with E-state index in [-0.39, 0.29) is 4.47 Å². The average Bonchev–Trinajstić information content (AvgIpc) is 2.06. The molecule has 0 atom stereocenters. The second-order valence-electron chi connectivity index (χ2n) is 2.02. The van der Waals surface area contributed by atoms with E-state index < -0.39 is 29.9 Å². The minimum absolute atomic E-state index is 0.0458. The number of hydrogen-bond donors (Lipinski definition) is 0. The van der Waals surface area contributed by atoms with Crippen molar-refractivity contribution in [1.29, 1.82) is 0 Å². The standard InChI is InChI=1S/C7H6BrF2N/c1-7(9,10)6-3-2-5(8)4-11-6/h2-4H,1H3/i2D,3D,4D. The van der Waals surface area contributed by atoms with E-state index in [1.54, 1.807) is 0 Å². The fourth-order valence-electron chi connectivity index (χ4n) is 0.483. The van der Waals surface area contributed by atoms with Crippen LogP contribution in [0.15, 0.2) is 22.7 Å². The van der Waals surface area contributed by atoms with Gasteiger partial charge in [0.25, 0.3) is 5.92 Å². The molecule has 0 fully saturated rings. The van der Waals surface area contributed by atoms with Crippen molar-refractivity contribution in [2.75, 3.05) is 0 Å². The highest BCUT2D eigenvalue weighted by Crippen LogP contribution is 2.25. The summed E-state index contributed by atoms with van der Waals surface area (Å²) in [6.07, 6.45) is -0.456. The van der Waals surface area contributed by atoms with Gasteiger partial charge in [0.15, 0.2) is 0 Å². The van der Waals surface area contributed by atoms with Gasteiger partial charge in [-0.2, -0.15) is 8.78 Å². The van der Waals surface area contributed by atoms with Gasteiger partial charge in [-0.1, -0.05) is 0 Å². The van der Waals surface area contributed by atoms with Crippen molar-refractivity contribution in [2.24, 2.45) is 0 Å². The molecule has 0 aliphatic heterocycles. The van der Waals surface area contributed by atoms with Crippen molar-refractivity contribution in [3.8, 4) is 0 Å². The van der Waals surface area contributed by atoms with Gasteiger partial charge in [-0.25, -0.2) is 0 Å². The van der Waals surface area contributed by atoms with E-state index in [9.17, 15) is 8.78 Å². The van der Waals surface area contributed by atoms with Crippen LogP contribution in [0.5, 0.6) is 0 Å². The summed E-state index contributed by atoms with van der Waals surface area (Å²) in [4.78, 5) is 3.27. The molecule has 0 saturated carbocycles. The van der Waals surface area contributed by atoms with E-state index >= 15 is 0 Å². The normalized spacial score (nSPS) is 15.5. The van der Waals surface area contributed by atoms with Crippen LogP contribution < -0.4 is 0 Å². The van der Waals surface area contributed by atoms with Gasteiger partial charge < -0.3 is 0 Å². The highest BCUT2D eigenvalue weighted by molar-refractivity contribution is 9.10. The SMILES string of the molecule is [2H]c1nc(C(C)(F)F)c([2H])c([2H])c1Br. The van der Waals surface area contributed by atoms with E-state index in [0.717, 1.165) is 0 Å². The summed E-state index contributed by atoms with van der Waals surface area (Å²) < 4.78 is 47.3. The highest BCUT2D eigenvalue weighted by Gasteiger charge is 2.25. The van der Waals surface area contributed by atoms with Gasteiger partial charge in [0.2, 0.25) is 0 Å². The summed E-state index contributed by atoms with van der Waals surface area (Å²) in [5, 5.41) is 0. The van der Waals surface area contributed by atoms with E-state index in [1.807, 2.05) is 0 Å². The van der Waals surface area contributed by atoms with Gasteiger partial charge in [-0.05, 0) is 28.0 Å². The van der Waals surface area contributed by atoms with Crippen LogP contribution in [0.4, 0.5) is 8.78 Å². The minimum Gasteiger partial charge on any atom is -0.254 e. The van der Waals surface area contributed by atoms with Crippen LogP contribution >= 0.6 is 15.9 Å². The molecule has 0 bridgehead atoms. The lowest BCUT2D eigenvalue weighted by molar-refractivity contribution is 0.0127. The molecule has 1 nitrogen and oxygen atoms in total. The summed E-state index contributed by atoms with van der Waals surface area (Å²) in [6, 6.07) is -1.10. The summed E-state index contributed by atoms with van der Waals surface area (Å²) in [7, 11) is 0. The van der Waals surface area contributed by atoms with E-state index in [1.165, 1.54) is 0 Å². The lowest BCUT2D eigenvalue weighted by Gasteiger charge is -2.07. The first kappa shape index (κ1) is 5.19. The predicted molar refractivity (Wildman–Crippen MR) is 41.5 cm³/mol. The average molecular weight is 225 g/mol. The van der Waals surface area contributed by atoms with Crippen LogP contribution in [-0.4, -0.2) is 4.98 Å². The van der Waals surface area contributed by atoms with Gasteiger partial charge >= 0.3 is 0 Å². The summed E-state index contributed by atoms with van der Waals surface area (Å²) in [5.41, 5.74) is -0.837. The van der Waals surface area contributed by atoms with Crippen LogP contribution in [0.2, 0.25) is 0 Å². The Morgan fingerprint density at radius 2 is 2.27 bits per heavy atom. The number of nitrogens with zero attached hydrogens (tertiary/aromatic N) is 1. The molecule has 0 aliphatic carbocycles. The lowest BCUT2D eigenvalue weighted by Crippen LogP contribution is -2.08. The zero-order valence-corrected chi connectivity index (χ0v) is 7.17. The third kappa shape index (κ3) is 2.22. The van der Waals surface area contributed by atoms with Crippen molar-refractivity contribution < 1.29 is 12.9 Å². The van der Waals surface area contributed by atoms with Crippen LogP contribution in [0.25, 0.3) is 0 Å². The molecule has 1 heterocycles. The molecule has 0 saturated heterocycles. The molecule has 0 N–H and O–H groups in total. The van der Waals surface area contributed by atoms with Crippen molar-refractivity contribution in [2.45, 2.75) is 12.8 Å². The summed E-state index contributed by atoms with van der Waals surface area (Å²) in [5.74, 6) is -3.30. The molecule has 0 radical (unpaired) electrons. The number of pyridine rings is 1. The molecule has 1 aromatic rings. The number of aromatic nitrogens is 1. The van der Waals surface area contributed by atoms with E-state index in [0.29, 0.717) is 6.92 Å². The minimum atomic E-state index is -3.30. The van der Waals surface area contributed by atoms with Crippen LogP contribution in [0, 0.1) is 0 Å². The third-order valence-electron chi connectivity index (χ3n) is 0.972. The van der Waals surface area contributed by atoms with Crippen molar-refractivity contribution in [3.63, 3.8) is 0 Å². The van der Waals surface area contributed by atoms with Crippen molar-refractivity contribution >= 4 is 15.9 Å². The largest absolute Gasteiger partial charge is 0.286 e. The zero-order valence-electron chi connectivity index (χ0n) is 8.58. The van der Waals surface area contributed by atoms with E-state index in [2.05, 4.69) is 20.9 Å². The molecular formula is C7H6BrF2N. The molecule has 0 unspecified atom stereocenters. The van der Waals surface area contributed by atoms with Crippen molar-refractivity contribution in [1.82, 2.24) is 4.98 Å². The maximum atomic E-state index is 12.8. The molecule has 4 heteroatoms. The number of hydrogen-bond acceptors (Lipinski definition) is 1. The Labute approximate surface area is 75.8 Å². The number of alkyl halides is 2. The first-order chi connectivity index (χ1) is 6.25. The molecule has 0 amide bonds. The third-order valence-corrected chi connectivity index (χ3v) is 1.35. The number of halogens is 3. The van der Waals surface area contributed by atoms with Crippen molar-refractivity contribution in [3.05, 3.63) is 28.4 Å². The Balaban J connectivity index is 3.49. The topological polar surface area (TPSA) is 12.9 Å². The second-order valence-corrected chi connectivity index (χ2v) is 2.82. The molecule has 0 aromatic carbocycles. The lowest BCUT2D eigenvalue weighted by atomic mass is 10.2. The van der Waals surface area contributed by atoms with Gasteiger partial charge in [0.05, 0.1) is 4.11 Å². The first-order valence-electron chi connectivity index (χ1n) is 4.26. The quantitative estimate of drug-likeness (QED) is 0.715.